The van der Waals surface area contributed by atoms with Crippen LogP contribution < -0.4 is 14.2 Å². The molecule has 0 unspecified atom stereocenters. The molecule has 1 aromatic carbocycles. The summed E-state index contributed by atoms with van der Waals surface area (Å²) in [6.45, 7) is 0. The average molecular weight is 270 g/mol. The Morgan fingerprint density at radius 1 is 0.842 bits per heavy atom. The van der Waals surface area contributed by atoms with Gasteiger partial charge in [-0.3, -0.25) is 4.79 Å². The second-order valence-corrected chi connectivity index (χ2v) is 3.58. The van der Waals surface area contributed by atoms with E-state index in [9.17, 15) is 4.79 Å². The molecule has 1 aromatic rings. The summed E-state index contributed by atoms with van der Waals surface area (Å²) in [4.78, 5) is 12.2. The fraction of sp³-hybridized carbons (Fsp3) is 0.462. The van der Waals surface area contributed by atoms with Gasteiger partial charge in [-0.25, -0.2) is 0 Å². The molecule has 0 spiro atoms. The Hall–Kier alpha value is -1.79. The normalized spacial score (nSPS) is 10.4. The Morgan fingerprint density at radius 3 is 1.74 bits per heavy atom. The molecule has 106 valence electrons. The average Bonchev–Trinajstić information content (AvgIpc) is 2.46. The molecule has 0 aliphatic heterocycles. The standard InChI is InChI=1S/C13H18O6/c1-15-9-7-11(17-3)10(16-2)6-8(9)12(14)13(18-4)19-5/h6-7,13H,1-5H3. The highest BCUT2D eigenvalue weighted by atomic mass is 16.7. The molecular weight excluding hydrogens is 252 g/mol. The number of ether oxygens (including phenoxy) is 5. The molecule has 0 aliphatic carbocycles. The third-order valence-electron chi connectivity index (χ3n) is 2.61. The maximum absolute atomic E-state index is 12.2. The van der Waals surface area contributed by atoms with Crippen molar-refractivity contribution in [3.8, 4) is 17.2 Å². The summed E-state index contributed by atoms with van der Waals surface area (Å²) < 4.78 is 25.4. The van der Waals surface area contributed by atoms with E-state index in [1.807, 2.05) is 0 Å². The number of Topliss-reactive ketones (excluding diaryl/α,β-unsaturated/α-hetero) is 1. The van der Waals surface area contributed by atoms with Gasteiger partial charge in [0.1, 0.15) is 5.75 Å². The monoisotopic (exact) mass is 270 g/mol. The van der Waals surface area contributed by atoms with E-state index in [2.05, 4.69) is 0 Å². The van der Waals surface area contributed by atoms with Gasteiger partial charge in [0.2, 0.25) is 12.1 Å². The minimum Gasteiger partial charge on any atom is -0.496 e. The third kappa shape index (κ3) is 3.15. The van der Waals surface area contributed by atoms with Crippen molar-refractivity contribution < 1.29 is 28.5 Å². The van der Waals surface area contributed by atoms with Gasteiger partial charge in [-0.15, -0.1) is 0 Å². The Labute approximate surface area is 112 Å². The predicted octanol–water partition coefficient (Wildman–Crippen LogP) is 1.51. The molecule has 0 fully saturated rings. The first-order chi connectivity index (χ1) is 9.12. The minimum atomic E-state index is -0.994. The highest BCUT2D eigenvalue weighted by molar-refractivity contribution is 6.01. The van der Waals surface area contributed by atoms with Gasteiger partial charge in [-0.1, -0.05) is 0 Å². The SMILES string of the molecule is COc1cc(OC)c(C(=O)C(OC)OC)cc1OC. The molecule has 0 aliphatic rings. The topological polar surface area (TPSA) is 63.2 Å². The van der Waals surface area contributed by atoms with Gasteiger partial charge in [-0.05, 0) is 6.07 Å². The molecule has 0 N–H and O–H groups in total. The maximum atomic E-state index is 12.2. The third-order valence-corrected chi connectivity index (χ3v) is 2.61. The van der Waals surface area contributed by atoms with E-state index in [1.165, 1.54) is 41.6 Å². The van der Waals surface area contributed by atoms with Crippen LogP contribution in [-0.2, 0) is 9.47 Å². The summed E-state index contributed by atoms with van der Waals surface area (Å²) >= 11 is 0. The fourth-order valence-electron chi connectivity index (χ4n) is 1.66. The van der Waals surface area contributed by atoms with Gasteiger partial charge in [0.25, 0.3) is 0 Å². The Balaban J connectivity index is 3.29. The lowest BCUT2D eigenvalue weighted by Crippen LogP contribution is -2.25. The minimum absolute atomic E-state index is 0.300. The van der Waals surface area contributed by atoms with E-state index in [-0.39, 0.29) is 5.78 Å². The Bertz CT molecular complexity index is 439. The molecule has 1 rings (SSSR count). The van der Waals surface area contributed by atoms with E-state index in [4.69, 9.17) is 23.7 Å². The molecule has 0 atom stereocenters. The Kier molecular flexibility index (Phi) is 5.59. The maximum Gasteiger partial charge on any atom is 0.222 e. The summed E-state index contributed by atoms with van der Waals surface area (Å²) in [5.74, 6) is 0.907. The highest BCUT2D eigenvalue weighted by Gasteiger charge is 2.24. The number of hydrogen-bond donors (Lipinski definition) is 0. The molecule has 0 radical (unpaired) electrons. The van der Waals surface area contributed by atoms with Crippen LogP contribution in [0.15, 0.2) is 12.1 Å². The van der Waals surface area contributed by atoms with Gasteiger partial charge in [-0.2, -0.15) is 0 Å². The first-order valence-corrected chi connectivity index (χ1v) is 5.52. The lowest BCUT2D eigenvalue weighted by molar-refractivity contribution is -0.0743. The van der Waals surface area contributed by atoms with Crippen molar-refractivity contribution in [2.45, 2.75) is 6.29 Å². The second kappa shape index (κ2) is 6.96. The number of carbonyl (C=O) groups is 1. The summed E-state index contributed by atoms with van der Waals surface area (Å²) in [5.41, 5.74) is 0.300. The van der Waals surface area contributed by atoms with Crippen molar-refractivity contribution in [1.29, 1.82) is 0 Å². The summed E-state index contributed by atoms with van der Waals surface area (Å²) in [7, 11) is 7.24. The predicted molar refractivity (Wildman–Crippen MR) is 68.2 cm³/mol. The molecule has 6 heteroatoms. The van der Waals surface area contributed by atoms with Gasteiger partial charge < -0.3 is 23.7 Å². The second-order valence-electron chi connectivity index (χ2n) is 3.58. The number of hydrogen-bond acceptors (Lipinski definition) is 6. The van der Waals surface area contributed by atoms with Gasteiger partial charge in [0.05, 0.1) is 26.9 Å². The smallest absolute Gasteiger partial charge is 0.222 e. The van der Waals surface area contributed by atoms with Crippen molar-refractivity contribution in [2.75, 3.05) is 35.5 Å². The van der Waals surface area contributed by atoms with Crippen molar-refractivity contribution >= 4 is 5.78 Å². The van der Waals surface area contributed by atoms with E-state index in [0.29, 0.717) is 22.8 Å². The zero-order chi connectivity index (χ0) is 14.4. The van der Waals surface area contributed by atoms with Crippen LogP contribution in [0, 0.1) is 0 Å². The first-order valence-electron chi connectivity index (χ1n) is 5.52. The number of methoxy groups -OCH3 is 5. The molecule has 0 bridgehead atoms. The van der Waals surface area contributed by atoms with Crippen LogP contribution in [0.25, 0.3) is 0 Å². The van der Waals surface area contributed by atoms with Crippen molar-refractivity contribution in [3.63, 3.8) is 0 Å². The molecule has 0 saturated carbocycles. The molecular formula is C13H18O6. The van der Waals surface area contributed by atoms with E-state index < -0.39 is 6.29 Å². The van der Waals surface area contributed by atoms with Crippen LogP contribution in [0.5, 0.6) is 17.2 Å². The first kappa shape index (κ1) is 15.3. The van der Waals surface area contributed by atoms with E-state index >= 15 is 0 Å². The lowest BCUT2D eigenvalue weighted by Gasteiger charge is -2.16. The van der Waals surface area contributed by atoms with E-state index in [0.717, 1.165) is 0 Å². The summed E-state index contributed by atoms with van der Waals surface area (Å²) in [5, 5.41) is 0. The number of benzene rings is 1. The number of carbonyl (C=O) groups excluding carboxylic acids is 1. The van der Waals surface area contributed by atoms with Crippen molar-refractivity contribution in [1.82, 2.24) is 0 Å². The van der Waals surface area contributed by atoms with Gasteiger partial charge in [0.15, 0.2) is 11.5 Å². The number of ketones is 1. The number of rotatable bonds is 7. The molecule has 0 amide bonds. The summed E-state index contributed by atoms with van der Waals surface area (Å²) in [6, 6.07) is 3.11. The molecule has 0 saturated heterocycles. The molecule has 0 aromatic heterocycles. The van der Waals surface area contributed by atoms with Crippen LogP contribution in [0.2, 0.25) is 0 Å². The quantitative estimate of drug-likeness (QED) is 0.553. The van der Waals surface area contributed by atoms with Crippen LogP contribution >= 0.6 is 0 Å². The van der Waals surface area contributed by atoms with Crippen LogP contribution in [0.1, 0.15) is 10.4 Å². The zero-order valence-electron chi connectivity index (χ0n) is 11.7. The molecule has 19 heavy (non-hydrogen) atoms. The molecule has 0 heterocycles. The fourth-order valence-corrected chi connectivity index (χ4v) is 1.66. The largest absolute Gasteiger partial charge is 0.496 e. The Morgan fingerprint density at radius 2 is 1.32 bits per heavy atom. The van der Waals surface area contributed by atoms with Gasteiger partial charge in [0, 0.05) is 20.3 Å². The van der Waals surface area contributed by atoms with Crippen molar-refractivity contribution in [3.05, 3.63) is 17.7 Å². The molecule has 6 nitrogen and oxygen atoms in total. The van der Waals surface area contributed by atoms with E-state index in [1.54, 1.807) is 6.07 Å². The van der Waals surface area contributed by atoms with Crippen molar-refractivity contribution in [2.24, 2.45) is 0 Å². The zero-order valence-corrected chi connectivity index (χ0v) is 11.7. The summed E-state index contributed by atoms with van der Waals surface area (Å²) in [6.07, 6.45) is -0.994. The van der Waals surface area contributed by atoms with Gasteiger partial charge >= 0.3 is 0 Å². The van der Waals surface area contributed by atoms with Crippen LogP contribution in [0.4, 0.5) is 0 Å². The highest BCUT2D eigenvalue weighted by Crippen LogP contribution is 2.35. The lowest BCUT2D eigenvalue weighted by atomic mass is 10.1. The van der Waals surface area contributed by atoms with Crippen LogP contribution in [-0.4, -0.2) is 47.6 Å². The van der Waals surface area contributed by atoms with Crippen LogP contribution in [0.3, 0.4) is 0 Å².